The predicted molar refractivity (Wildman–Crippen MR) is 47.9 cm³/mol. The molecule has 0 aliphatic carbocycles. The zero-order valence-corrected chi connectivity index (χ0v) is 6.97. The summed E-state index contributed by atoms with van der Waals surface area (Å²) in [5.74, 6) is 0. The molecule has 1 aliphatic rings. The molecule has 12 heavy (non-hydrogen) atoms. The third-order valence-corrected chi connectivity index (χ3v) is 2.07. The molecule has 2 atom stereocenters. The molecule has 2 nitrogen and oxygen atoms in total. The number of benzene rings is 1. The van der Waals surface area contributed by atoms with Crippen LogP contribution in [0.25, 0.3) is 0 Å². The van der Waals surface area contributed by atoms with Crippen LogP contribution in [-0.2, 0) is 4.65 Å². The molecule has 0 fully saturated rings. The van der Waals surface area contributed by atoms with Gasteiger partial charge in [0.05, 0.1) is 0 Å². The van der Waals surface area contributed by atoms with E-state index in [2.05, 4.69) is 24.0 Å². The van der Waals surface area contributed by atoms with Gasteiger partial charge in [-0.05, 0) is 0 Å². The zero-order valence-electron chi connectivity index (χ0n) is 6.97. The van der Waals surface area contributed by atoms with Crippen molar-refractivity contribution in [3.05, 3.63) is 35.9 Å². The van der Waals surface area contributed by atoms with Crippen molar-refractivity contribution in [3.8, 4) is 0 Å². The van der Waals surface area contributed by atoms with Crippen molar-refractivity contribution >= 4 is 7.27 Å². The molecular formula is C9H10BNO. The zero-order chi connectivity index (χ0) is 8.39. The van der Waals surface area contributed by atoms with Crippen molar-refractivity contribution in [1.82, 2.24) is 0 Å². The summed E-state index contributed by atoms with van der Waals surface area (Å²) in [4.78, 5) is 4.15. The van der Waals surface area contributed by atoms with Gasteiger partial charge in [0.2, 0.25) is 0 Å². The van der Waals surface area contributed by atoms with Gasteiger partial charge in [-0.25, -0.2) is 0 Å². The Labute approximate surface area is 72.6 Å². The quantitative estimate of drug-likeness (QED) is 0.573. The molecule has 0 N–H and O–H groups in total. The van der Waals surface area contributed by atoms with E-state index in [1.54, 1.807) is 7.27 Å². The Kier molecular flexibility index (Phi) is 1.94. The minimum absolute atomic E-state index is 0.117. The maximum atomic E-state index is 5.36. The Morgan fingerprint density at radius 2 is 2.08 bits per heavy atom. The third-order valence-electron chi connectivity index (χ3n) is 2.07. The molecule has 0 saturated carbocycles. The van der Waals surface area contributed by atoms with Gasteiger partial charge in [0.15, 0.2) is 0 Å². The van der Waals surface area contributed by atoms with Gasteiger partial charge in [-0.3, -0.25) is 0 Å². The predicted octanol–water partition coefficient (Wildman–Crippen LogP) is 1.95. The van der Waals surface area contributed by atoms with Crippen LogP contribution < -0.4 is 0 Å². The van der Waals surface area contributed by atoms with Gasteiger partial charge in [0, 0.05) is 0 Å². The van der Waals surface area contributed by atoms with Crippen LogP contribution in [0.5, 0.6) is 0 Å². The first-order valence-electron chi connectivity index (χ1n) is 4.10. The third kappa shape index (κ3) is 1.27. The normalized spacial score (nSPS) is 26.4. The molecule has 0 amide bonds. The summed E-state index contributed by atoms with van der Waals surface area (Å²) in [5.41, 5.74) is 1.20. The molecule has 60 valence electrons. The van der Waals surface area contributed by atoms with Gasteiger partial charge < -0.3 is 0 Å². The second-order valence-electron chi connectivity index (χ2n) is 2.96. The Hall–Kier alpha value is -1.12. The van der Waals surface area contributed by atoms with Crippen molar-refractivity contribution in [2.45, 2.75) is 19.1 Å². The van der Waals surface area contributed by atoms with Crippen LogP contribution in [0.15, 0.2) is 35.2 Å². The number of hydrogen-bond acceptors (Lipinski definition) is 2. The first-order valence-corrected chi connectivity index (χ1v) is 4.10. The molecule has 2 rings (SSSR count). The number of hydrogen-bond donors (Lipinski definition) is 0. The first kappa shape index (κ1) is 7.53. The standard InChI is InChI=1S/C9H10BNO/c1-7-9(12-10-11-7)8-5-3-2-4-6-8/h2-7,9H,1H3/t7-,9-/m0/s1. The van der Waals surface area contributed by atoms with Gasteiger partial charge >= 0.3 is 71.8 Å². The molecule has 0 radical (unpaired) electrons. The van der Waals surface area contributed by atoms with Crippen molar-refractivity contribution in [2.24, 2.45) is 4.90 Å². The molecular weight excluding hydrogens is 149 g/mol. The van der Waals surface area contributed by atoms with Gasteiger partial charge in [-0.2, -0.15) is 0 Å². The Morgan fingerprint density at radius 3 is 2.67 bits per heavy atom. The fourth-order valence-corrected chi connectivity index (χ4v) is 1.39. The second-order valence-corrected chi connectivity index (χ2v) is 2.96. The second kappa shape index (κ2) is 3.09. The van der Waals surface area contributed by atoms with Crippen LogP contribution in [-0.4, -0.2) is 13.3 Å². The number of rotatable bonds is 1. The molecule has 0 unspecified atom stereocenters. The van der Waals surface area contributed by atoms with E-state index in [0.717, 1.165) is 0 Å². The van der Waals surface area contributed by atoms with Crippen LogP contribution in [0.1, 0.15) is 18.6 Å². The summed E-state index contributed by atoms with van der Waals surface area (Å²) >= 11 is 0. The van der Waals surface area contributed by atoms with Gasteiger partial charge in [0.1, 0.15) is 0 Å². The Bertz CT molecular complexity index is 286. The molecule has 1 aromatic carbocycles. The van der Waals surface area contributed by atoms with Gasteiger partial charge in [-0.1, -0.05) is 0 Å². The van der Waals surface area contributed by atoms with Crippen molar-refractivity contribution < 1.29 is 4.65 Å². The fraction of sp³-hybridized carbons (Fsp3) is 0.333. The van der Waals surface area contributed by atoms with Gasteiger partial charge in [-0.15, -0.1) is 0 Å². The molecule has 1 aromatic rings. The van der Waals surface area contributed by atoms with E-state index < -0.39 is 0 Å². The van der Waals surface area contributed by atoms with Crippen molar-refractivity contribution in [3.63, 3.8) is 0 Å². The molecule has 1 heterocycles. The van der Waals surface area contributed by atoms with E-state index in [1.165, 1.54) is 5.56 Å². The van der Waals surface area contributed by atoms with E-state index in [9.17, 15) is 0 Å². The molecule has 0 saturated heterocycles. The number of nitrogens with zero attached hydrogens (tertiary/aromatic N) is 1. The van der Waals surface area contributed by atoms with E-state index >= 15 is 0 Å². The van der Waals surface area contributed by atoms with E-state index in [1.807, 2.05) is 18.2 Å². The summed E-state index contributed by atoms with van der Waals surface area (Å²) in [6.07, 6.45) is 0.117. The SMILES string of the molecule is C[C@@H]1N=BO[C@@H]1c1ccccc1. The minimum atomic E-state index is 0.117. The Balaban J connectivity index is 2.22. The summed E-state index contributed by atoms with van der Waals surface area (Å²) in [6.45, 7) is 2.06. The molecule has 1 aliphatic heterocycles. The molecule has 3 heteroatoms. The van der Waals surface area contributed by atoms with Crippen LogP contribution >= 0.6 is 0 Å². The summed E-state index contributed by atoms with van der Waals surface area (Å²) in [5, 5.41) is 0. The van der Waals surface area contributed by atoms with Crippen LogP contribution in [0, 0.1) is 0 Å². The van der Waals surface area contributed by atoms with Crippen LogP contribution in [0.4, 0.5) is 0 Å². The van der Waals surface area contributed by atoms with Crippen LogP contribution in [0.2, 0.25) is 0 Å². The average Bonchev–Trinajstić information content (AvgIpc) is 2.53. The summed E-state index contributed by atoms with van der Waals surface area (Å²) in [6, 6.07) is 10.4. The van der Waals surface area contributed by atoms with Crippen molar-refractivity contribution in [1.29, 1.82) is 0 Å². The van der Waals surface area contributed by atoms with Crippen molar-refractivity contribution in [2.75, 3.05) is 0 Å². The molecule has 0 bridgehead atoms. The molecule has 0 aromatic heterocycles. The monoisotopic (exact) mass is 159 g/mol. The maximum absolute atomic E-state index is 5.36. The average molecular weight is 159 g/mol. The Morgan fingerprint density at radius 1 is 1.33 bits per heavy atom. The van der Waals surface area contributed by atoms with Crippen LogP contribution in [0.3, 0.4) is 0 Å². The van der Waals surface area contributed by atoms with Gasteiger partial charge in [0.25, 0.3) is 0 Å². The molecule has 0 spiro atoms. The van der Waals surface area contributed by atoms with E-state index in [-0.39, 0.29) is 12.1 Å². The fourth-order valence-electron chi connectivity index (χ4n) is 1.39. The summed E-state index contributed by atoms with van der Waals surface area (Å²) in [7, 11) is 1.54. The van der Waals surface area contributed by atoms with E-state index in [4.69, 9.17) is 4.65 Å². The van der Waals surface area contributed by atoms with E-state index in [0.29, 0.717) is 0 Å². The first-order chi connectivity index (χ1) is 5.88. The summed E-state index contributed by atoms with van der Waals surface area (Å²) < 4.78 is 5.36. The topological polar surface area (TPSA) is 21.6 Å².